The first-order valence-electron chi connectivity index (χ1n) is 6.18. The second-order valence-electron chi connectivity index (χ2n) is 5.06. The molecule has 1 saturated carbocycles. The van der Waals surface area contributed by atoms with Gasteiger partial charge < -0.3 is 10.2 Å². The van der Waals surface area contributed by atoms with Crippen LogP contribution in [0.15, 0.2) is 0 Å². The van der Waals surface area contributed by atoms with Crippen LogP contribution in [0.5, 0.6) is 0 Å². The number of amides is 1. The first kappa shape index (κ1) is 15.4. The molecular weight excluding hydrogens is 254 g/mol. The fraction of sp³-hybridized carbons (Fsp3) is 0.909. The quantitative estimate of drug-likeness (QED) is 0.648. The van der Waals surface area contributed by atoms with Crippen LogP contribution in [-0.4, -0.2) is 69.6 Å². The van der Waals surface area contributed by atoms with Gasteiger partial charge in [-0.3, -0.25) is 4.79 Å². The van der Waals surface area contributed by atoms with Gasteiger partial charge in [-0.1, -0.05) is 0 Å². The number of sulfonamides is 1. The van der Waals surface area contributed by atoms with Crippen molar-refractivity contribution in [2.24, 2.45) is 0 Å². The molecule has 0 spiro atoms. The summed E-state index contributed by atoms with van der Waals surface area (Å²) in [7, 11) is 0.536. The molecule has 0 aliphatic heterocycles. The maximum Gasteiger partial charge on any atom is 0.221 e. The molecule has 1 aliphatic carbocycles. The first-order valence-corrected chi connectivity index (χ1v) is 8.03. The highest BCUT2D eigenvalue weighted by Gasteiger charge is 2.24. The van der Waals surface area contributed by atoms with Crippen molar-refractivity contribution in [1.29, 1.82) is 0 Å². The van der Waals surface area contributed by atoms with Crippen molar-refractivity contribution >= 4 is 15.9 Å². The van der Waals surface area contributed by atoms with E-state index in [1.807, 2.05) is 19.0 Å². The van der Waals surface area contributed by atoms with Gasteiger partial charge >= 0.3 is 0 Å². The predicted molar refractivity (Wildman–Crippen MR) is 70.8 cm³/mol. The van der Waals surface area contributed by atoms with Crippen LogP contribution in [0.25, 0.3) is 0 Å². The van der Waals surface area contributed by atoms with Gasteiger partial charge in [-0.15, -0.1) is 0 Å². The van der Waals surface area contributed by atoms with E-state index in [1.165, 1.54) is 10.6 Å². The maximum atomic E-state index is 11.6. The Labute approximate surface area is 109 Å². The van der Waals surface area contributed by atoms with Crippen molar-refractivity contribution in [3.63, 3.8) is 0 Å². The second-order valence-corrected chi connectivity index (χ2v) is 7.04. The van der Waals surface area contributed by atoms with E-state index in [1.54, 1.807) is 0 Å². The van der Waals surface area contributed by atoms with Crippen LogP contribution in [0.3, 0.4) is 0 Å². The summed E-state index contributed by atoms with van der Waals surface area (Å²) < 4.78 is 24.5. The van der Waals surface area contributed by atoms with E-state index in [-0.39, 0.29) is 18.9 Å². The summed E-state index contributed by atoms with van der Waals surface area (Å²) in [6, 6.07) is 0.325. The molecule has 0 unspecified atom stereocenters. The molecule has 0 saturated heterocycles. The average molecular weight is 277 g/mol. The third-order valence-electron chi connectivity index (χ3n) is 2.80. The fourth-order valence-corrected chi connectivity index (χ4v) is 2.34. The van der Waals surface area contributed by atoms with Crippen molar-refractivity contribution in [2.75, 3.05) is 40.0 Å². The topological polar surface area (TPSA) is 69.7 Å². The Morgan fingerprint density at radius 3 is 2.28 bits per heavy atom. The highest BCUT2D eigenvalue weighted by Crippen LogP contribution is 2.18. The monoisotopic (exact) mass is 277 g/mol. The molecule has 1 rings (SSSR count). The van der Waals surface area contributed by atoms with Crippen LogP contribution in [0.1, 0.15) is 19.3 Å². The molecule has 7 heteroatoms. The number of hydrogen-bond acceptors (Lipinski definition) is 4. The summed E-state index contributed by atoms with van der Waals surface area (Å²) in [4.78, 5) is 13.4. The Morgan fingerprint density at radius 1 is 1.22 bits per heavy atom. The highest BCUT2D eigenvalue weighted by atomic mass is 32.2. The van der Waals surface area contributed by atoms with E-state index in [2.05, 4.69) is 5.32 Å². The summed E-state index contributed by atoms with van der Waals surface area (Å²) >= 11 is 0. The highest BCUT2D eigenvalue weighted by molar-refractivity contribution is 7.88. The van der Waals surface area contributed by atoms with Crippen LogP contribution in [0, 0.1) is 0 Å². The van der Waals surface area contributed by atoms with Gasteiger partial charge in [-0.2, -0.15) is 0 Å². The Bertz CT molecular complexity index is 377. The van der Waals surface area contributed by atoms with Gasteiger partial charge in [0.15, 0.2) is 0 Å². The molecule has 1 amide bonds. The number of rotatable bonds is 8. The molecule has 0 aromatic rings. The molecule has 0 radical (unpaired) electrons. The average Bonchev–Trinajstić information content (AvgIpc) is 2.98. The summed E-state index contributed by atoms with van der Waals surface area (Å²) in [6.07, 6.45) is 3.50. The summed E-state index contributed by atoms with van der Waals surface area (Å²) in [5, 5.41) is 2.85. The predicted octanol–water partition coefficient (Wildman–Crippen LogP) is -0.522. The van der Waals surface area contributed by atoms with Crippen molar-refractivity contribution in [3.8, 4) is 0 Å². The van der Waals surface area contributed by atoms with Crippen molar-refractivity contribution in [2.45, 2.75) is 25.3 Å². The minimum Gasteiger partial charge on any atom is -0.353 e. The number of carbonyl (C=O) groups is 1. The zero-order valence-electron chi connectivity index (χ0n) is 11.3. The Morgan fingerprint density at radius 2 is 1.83 bits per heavy atom. The minimum absolute atomic E-state index is 0.0593. The molecule has 0 heterocycles. The van der Waals surface area contributed by atoms with Gasteiger partial charge in [0.2, 0.25) is 15.9 Å². The first-order chi connectivity index (χ1) is 8.29. The van der Waals surface area contributed by atoms with Crippen LogP contribution in [0.2, 0.25) is 0 Å². The SMILES string of the molecule is CN(C)CCN(CCC(=O)NC1CC1)S(C)(=O)=O. The summed E-state index contributed by atoms with van der Waals surface area (Å²) in [6.45, 7) is 1.32. The molecule has 6 nitrogen and oxygen atoms in total. The van der Waals surface area contributed by atoms with E-state index < -0.39 is 10.0 Å². The lowest BCUT2D eigenvalue weighted by molar-refractivity contribution is -0.121. The standard InChI is InChI=1S/C11H23N3O3S/c1-13(2)8-9-14(18(3,16)17)7-6-11(15)12-10-4-5-10/h10H,4-9H2,1-3H3,(H,12,15). The molecule has 18 heavy (non-hydrogen) atoms. The van der Waals surface area contributed by atoms with Crippen molar-refractivity contribution in [1.82, 2.24) is 14.5 Å². The van der Waals surface area contributed by atoms with Crippen LogP contribution in [0.4, 0.5) is 0 Å². The van der Waals surface area contributed by atoms with Crippen LogP contribution in [-0.2, 0) is 14.8 Å². The second kappa shape index (κ2) is 6.49. The normalized spacial score (nSPS) is 16.3. The van der Waals surface area contributed by atoms with Gasteiger partial charge in [0.05, 0.1) is 6.26 Å². The van der Waals surface area contributed by atoms with Crippen molar-refractivity contribution < 1.29 is 13.2 Å². The van der Waals surface area contributed by atoms with Crippen molar-refractivity contribution in [3.05, 3.63) is 0 Å². The molecule has 0 bridgehead atoms. The van der Waals surface area contributed by atoms with Gasteiger partial charge in [0, 0.05) is 32.1 Å². The lowest BCUT2D eigenvalue weighted by atomic mass is 10.4. The molecule has 106 valence electrons. The smallest absolute Gasteiger partial charge is 0.221 e. The molecule has 0 aromatic heterocycles. The molecule has 1 fully saturated rings. The summed E-state index contributed by atoms with van der Waals surface area (Å²) in [5.41, 5.74) is 0. The molecular formula is C11H23N3O3S. The zero-order valence-corrected chi connectivity index (χ0v) is 12.2. The Hall–Kier alpha value is -0.660. The third kappa shape index (κ3) is 6.32. The van der Waals surface area contributed by atoms with E-state index in [0.717, 1.165) is 12.8 Å². The van der Waals surface area contributed by atoms with E-state index in [9.17, 15) is 13.2 Å². The number of nitrogens with one attached hydrogen (secondary N) is 1. The van der Waals surface area contributed by atoms with Gasteiger partial charge in [-0.25, -0.2) is 12.7 Å². The lowest BCUT2D eigenvalue weighted by Crippen LogP contribution is -2.38. The maximum absolute atomic E-state index is 11.6. The number of carbonyl (C=O) groups excluding carboxylic acids is 1. The zero-order chi connectivity index (χ0) is 13.8. The van der Waals surface area contributed by atoms with E-state index >= 15 is 0 Å². The molecule has 0 aromatic carbocycles. The lowest BCUT2D eigenvalue weighted by Gasteiger charge is -2.21. The number of likely N-dealkylation sites (N-methyl/N-ethyl adjacent to an activating group) is 1. The van der Waals surface area contributed by atoms with Gasteiger partial charge in [0.1, 0.15) is 0 Å². The van der Waals surface area contributed by atoms with Gasteiger partial charge in [-0.05, 0) is 26.9 Å². The van der Waals surface area contributed by atoms with E-state index in [4.69, 9.17) is 0 Å². The van der Waals surface area contributed by atoms with Gasteiger partial charge in [0.25, 0.3) is 0 Å². The Balaban J connectivity index is 2.37. The van der Waals surface area contributed by atoms with E-state index in [0.29, 0.717) is 19.1 Å². The van der Waals surface area contributed by atoms with Crippen LogP contribution >= 0.6 is 0 Å². The number of nitrogens with zero attached hydrogens (tertiary/aromatic N) is 2. The van der Waals surface area contributed by atoms with Crippen LogP contribution < -0.4 is 5.32 Å². The minimum atomic E-state index is -3.24. The Kier molecular flexibility index (Phi) is 5.55. The number of hydrogen-bond donors (Lipinski definition) is 1. The third-order valence-corrected chi connectivity index (χ3v) is 4.10. The molecule has 0 atom stereocenters. The summed E-state index contributed by atoms with van der Waals surface area (Å²) in [5.74, 6) is -0.0593. The molecule has 1 N–H and O–H groups in total. The molecule has 1 aliphatic rings. The fourth-order valence-electron chi connectivity index (χ4n) is 1.51. The largest absolute Gasteiger partial charge is 0.353 e.